The van der Waals surface area contributed by atoms with Crippen molar-refractivity contribution in [2.75, 3.05) is 17.2 Å². The van der Waals surface area contributed by atoms with Crippen LogP contribution in [0.1, 0.15) is 45.2 Å². The lowest BCUT2D eigenvalue weighted by Crippen LogP contribution is -2.17. The summed E-state index contributed by atoms with van der Waals surface area (Å²) in [4.78, 5) is 24.3. The maximum Gasteiger partial charge on any atom is 0.337 e. The summed E-state index contributed by atoms with van der Waals surface area (Å²) in [5.74, 6) is 4.75. The van der Waals surface area contributed by atoms with Crippen LogP contribution in [0, 0.1) is 11.8 Å². The number of carboxylic acids is 1. The second-order valence-electron chi connectivity index (χ2n) is 6.61. The molecule has 0 atom stereocenters. The third kappa shape index (κ3) is 5.27. The highest BCUT2D eigenvalue weighted by Crippen LogP contribution is 2.21. The van der Waals surface area contributed by atoms with Crippen LogP contribution in [-0.2, 0) is 0 Å². The molecule has 0 unspecified atom stereocenters. The molecule has 0 aliphatic rings. The Kier molecular flexibility index (Phi) is 6.86. The summed E-state index contributed by atoms with van der Waals surface area (Å²) < 4.78 is 0. The fourth-order valence-corrected chi connectivity index (χ4v) is 2.86. The number of hydrogen-bond acceptors (Lipinski definition) is 3. The van der Waals surface area contributed by atoms with Gasteiger partial charge in [0.1, 0.15) is 0 Å². The van der Waals surface area contributed by atoms with E-state index < -0.39 is 5.97 Å². The summed E-state index contributed by atoms with van der Waals surface area (Å²) in [7, 11) is 0. The highest BCUT2D eigenvalue weighted by Gasteiger charge is 2.16. The molecule has 0 aliphatic heterocycles. The normalized spacial score (nSPS) is 9.90. The molecular weight excluding hydrogens is 376 g/mol. The van der Waals surface area contributed by atoms with Crippen molar-refractivity contribution in [2.24, 2.45) is 0 Å². The van der Waals surface area contributed by atoms with Gasteiger partial charge in [0.25, 0.3) is 5.91 Å². The van der Waals surface area contributed by atoms with Gasteiger partial charge in [-0.1, -0.05) is 49.1 Å². The van der Waals surface area contributed by atoms with Gasteiger partial charge in [-0.05, 0) is 48.9 Å². The predicted molar refractivity (Wildman–Crippen MR) is 119 cm³/mol. The molecule has 1 amide bonds. The van der Waals surface area contributed by atoms with Crippen molar-refractivity contribution in [3.05, 3.63) is 95.1 Å². The first kappa shape index (κ1) is 20.7. The molecule has 3 rings (SSSR count). The minimum atomic E-state index is -1.10. The van der Waals surface area contributed by atoms with Gasteiger partial charge < -0.3 is 15.7 Å². The summed E-state index contributed by atoms with van der Waals surface area (Å²) in [6.45, 7) is 2.73. The van der Waals surface area contributed by atoms with Gasteiger partial charge in [-0.3, -0.25) is 4.79 Å². The molecule has 30 heavy (non-hydrogen) atoms. The quantitative estimate of drug-likeness (QED) is 0.518. The average molecular weight is 398 g/mol. The summed E-state index contributed by atoms with van der Waals surface area (Å²) >= 11 is 0. The zero-order chi connectivity index (χ0) is 21.3. The van der Waals surface area contributed by atoms with Crippen LogP contribution >= 0.6 is 0 Å². The van der Waals surface area contributed by atoms with E-state index in [-0.39, 0.29) is 17.2 Å². The first-order chi connectivity index (χ1) is 14.6. The molecule has 0 fully saturated rings. The monoisotopic (exact) mass is 398 g/mol. The van der Waals surface area contributed by atoms with Crippen molar-refractivity contribution < 1.29 is 14.7 Å². The van der Waals surface area contributed by atoms with Crippen molar-refractivity contribution in [3.8, 4) is 11.8 Å². The summed E-state index contributed by atoms with van der Waals surface area (Å²) in [5.41, 5.74) is 3.06. The maximum absolute atomic E-state index is 12.9. The number of carboxylic acid groups (broad SMARTS) is 1. The maximum atomic E-state index is 12.9. The van der Waals surface area contributed by atoms with Crippen LogP contribution in [0.5, 0.6) is 0 Å². The van der Waals surface area contributed by atoms with E-state index in [1.165, 1.54) is 6.07 Å². The smallest absolute Gasteiger partial charge is 0.337 e. The second kappa shape index (κ2) is 9.94. The van der Waals surface area contributed by atoms with Crippen LogP contribution in [0.15, 0.2) is 72.8 Å². The molecule has 3 aromatic rings. The van der Waals surface area contributed by atoms with Crippen molar-refractivity contribution in [3.63, 3.8) is 0 Å². The Balaban J connectivity index is 1.89. The zero-order valence-corrected chi connectivity index (χ0v) is 16.6. The minimum Gasteiger partial charge on any atom is -0.478 e. The fraction of sp³-hybridized carbons (Fsp3) is 0.120. The van der Waals surface area contributed by atoms with Gasteiger partial charge in [0.15, 0.2) is 0 Å². The van der Waals surface area contributed by atoms with E-state index in [9.17, 15) is 14.7 Å². The number of hydrogen-bond donors (Lipinski definition) is 3. The lowest BCUT2D eigenvalue weighted by Gasteiger charge is -2.13. The van der Waals surface area contributed by atoms with Crippen LogP contribution in [0.4, 0.5) is 11.4 Å². The standard InChI is InChI=1S/C25H22N2O3/c1-2-16-26-23-17-19(13-12-18-8-4-3-5-9-18)14-15-20(23)24(28)27-22-11-7-6-10-21(22)25(29)30/h3-11,14-15,17,26H,2,16H2,1H3,(H,27,28)(H,29,30). The Morgan fingerprint density at radius 2 is 1.53 bits per heavy atom. The molecule has 3 N–H and O–H groups in total. The van der Waals surface area contributed by atoms with Gasteiger partial charge in [-0.2, -0.15) is 0 Å². The Bertz CT molecular complexity index is 1110. The van der Waals surface area contributed by atoms with Gasteiger partial charge in [0, 0.05) is 23.4 Å². The highest BCUT2D eigenvalue weighted by atomic mass is 16.4. The van der Waals surface area contributed by atoms with Crippen LogP contribution in [0.3, 0.4) is 0 Å². The van der Waals surface area contributed by atoms with Crippen molar-refractivity contribution in [1.29, 1.82) is 0 Å². The fourth-order valence-electron chi connectivity index (χ4n) is 2.86. The number of para-hydroxylation sites is 1. The lowest BCUT2D eigenvalue weighted by atomic mass is 10.1. The first-order valence-corrected chi connectivity index (χ1v) is 9.67. The Labute approximate surface area is 175 Å². The second-order valence-corrected chi connectivity index (χ2v) is 6.61. The van der Waals surface area contributed by atoms with E-state index in [0.29, 0.717) is 17.8 Å². The number of amides is 1. The third-order valence-corrected chi connectivity index (χ3v) is 4.36. The van der Waals surface area contributed by atoms with E-state index in [4.69, 9.17) is 0 Å². The molecule has 0 radical (unpaired) electrons. The van der Waals surface area contributed by atoms with Crippen LogP contribution in [0.25, 0.3) is 0 Å². The number of rotatable bonds is 6. The van der Waals surface area contributed by atoms with Crippen LogP contribution in [0.2, 0.25) is 0 Å². The molecule has 0 heterocycles. The Morgan fingerprint density at radius 3 is 2.27 bits per heavy atom. The van der Waals surface area contributed by atoms with Crippen molar-refractivity contribution >= 4 is 23.3 Å². The number of carbonyl (C=O) groups is 2. The van der Waals surface area contributed by atoms with E-state index in [1.54, 1.807) is 30.3 Å². The number of benzene rings is 3. The van der Waals surface area contributed by atoms with E-state index in [0.717, 1.165) is 17.5 Å². The predicted octanol–water partition coefficient (Wildman–Crippen LogP) is 4.86. The van der Waals surface area contributed by atoms with E-state index >= 15 is 0 Å². The van der Waals surface area contributed by atoms with Crippen molar-refractivity contribution in [2.45, 2.75) is 13.3 Å². The topological polar surface area (TPSA) is 78.4 Å². The van der Waals surface area contributed by atoms with E-state index in [1.807, 2.05) is 43.3 Å². The largest absolute Gasteiger partial charge is 0.478 e. The molecule has 0 aromatic heterocycles. The molecular formula is C25H22N2O3. The van der Waals surface area contributed by atoms with Gasteiger partial charge in [-0.25, -0.2) is 4.79 Å². The summed E-state index contributed by atoms with van der Waals surface area (Å²) in [6.07, 6.45) is 0.892. The van der Waals surface area contributed by atoms with E-state index in [2.05, 4.69) is 22.5 Å². The molecule has 5 heteroatoms. The number of anilines is 2. The Morgan fingerprint density at radius 1 is 0.833 bits per heavy atom. The molecule has 150 valence electrons. The Hall–Kier alpha value is -4.04. The van der Waals surface area contributed by atoms with Gasteiger partial charge in [-0.15, -0.1) is 0 Å². The molecule has 0 spiro atoms. The highest BCUT2D eigenvalue weighted by molar-refractivity contribution is 6.10. The molecule has 5 nitrogen and oxygen atoms in total. The molecule has 0 saturated heterocycles. The number of carbonyl (C=O) groups excluding carboxylic acids is 1. The number of nitrogens with one attached hydrogen (secondary N) is 2. The van der Waals surface area contributed by atoms with Crippen molar-refractivity contribution in [1.82, 2.24) is 0 Å². The van der Waals surface area contributed by atoms with Crippen LogP contribution < -0.4 is 10.6 Å². The summed E-state index contributed by atoms with van der Waals surface area (Å²) in [5, 5.41) is 15.3. The molecule has 0 bridgehead atoms. The number of aromatic carboxylic acids is 1. The minimum absolute atomic E-state index is 0.0410. The molecule has 3 aromatic carbocycles. The summed E-state index contributed by atoms with van der Waals surface area (Å²) in [6, 6.07) is 21.3. The first-order valence-electron chi connectivity index (χ1n) is 9.67. The lowest BCUT2D eigenvalue weighted by molar-refractivity contribution is 0.0698. The molecule has 0 aliphatic carbocycles. The average Bonchev–Trinajstić information content (AvgIpc) is 2.77. The van der Waals surface area contributed by atoms with Gasteiger partial charge in [0.05, 0.1) is 16.8 Å². The third-order valence-electron chi connectivity index (χ3n) is 4.36. The zero-order valence-electron chi connectivity index (χ0n) is 16.6. The molecule has 0 saturated carbocycles. The van der Waals surface area contributed by atoms with Gasteiger partial charge in [0.2, 0.25) is 0 Å². The van der Waals surface area contributed by atoms with Gasteiger partial charge >= 0.3 is 5.97 Å². The SMILES string of the molecule is CCCNc1cc(C#Cc2ccccc2)ccc1C(=O)Nc1ccccc1C(=O)O. The van der Waals surface area contributed by atoms with Crippen LogP contribution in [-0.4, -0.2) is 23.5 Å².